The van der Waals surface area contributed by atoms with Gasteiger partial charge in [-0.1, -0.05) is 55.9 Å². The third-order valence-electron chi connectivity index (χ3n) is 4.99. The smallest absolute Gasteiger partial charge is 0.259 e. The lowest BCUT2D eigenvalue weighted by atomic mass is 10.0. The molecule has 1 unspecified atom stereocenters. The summed E-state index contributed by atoms with van der Waals surface area (Å²) < 4.78 is 0. The minimum absolute atomic E-state index is 0.0706. The first-order chi connectivity index (χ1) is 14.4. The maximum atomic E-state index is 13.1. The van der Waals surface area contributed by atoms with Crippen molar-refractivity contribution in [2.24, 2.45) is 15.9 Å². The number of amidine groups is 2. The summed E-state index contributed by atoms with van der Waals surface area (Å²) in [6.07, 6.45) is 0.687. The predicted molar refractivity (Wildman–Crippen MR) is 122 cm³/mol. The molecule has 0 radical (unpaired) electrons. The van der Waals surface area contributed by atoms with Crippen molar-refractivity contribution in [3.05, 3.63) is 59.7 Å². The summed E-state index contributed by atoms with van der Waals surface area (Å²) in [7, 11) is 0. The van der Waals surface area contributed by atoms with Gasteiger partial charge >= 0.3 is 0 Å². The first kappa shape index (κ1) is 20.3. The highest BCUT2D eigenvalue weighted by Gasteiger charge is 2.41. The Bertz CT molecular complexity index is 1060. The molecule has 0 bridgehead atoms. The van der Waals surface area contributed by atoms with Crippen LogP contribution in [0.2, 0.25) is 0 Å². The molecule has 0 spiro atoms. The summed E-state index contributed by atoms with van der Waals surface area (Å²) in [5.74, 6) is 0.936. The third kappa shape index (κ3) is 4.03. The number of amides is 2. The van der Waals surface area contributed by atoms with E-state index in [0.717, 1.165) is 22.5 Å². The number of carbonyl (C=O) groups excluding carboxylic acids is 2. The Balaban J connectivity index is 1.55. The minimum Gasteiger partial charge on any atom is -0.325 e. The number of benzene rings is 2. The average Bonchev–Trinajstić information content (AvgIpc) is 3.04. The molecule has 7 heteroatoms. The molecule has 30 heavy (non-hydrogen) atoms. The van der Waals surface area contributed by atoms with Gasteiger partial charge in [-0.05, 0) is 43.0 Å². The van der Waals surface area contributed by atoms with Gasteiger partial charge in [0.05, 0.1) is 11.4 Å². The van der Waals surface area contributed by atoms with E-state index in [1.54, 1.807) is 4.90 Å². The highest BCUT2D eigenvalue weighted by molar-refractivity contribution is 8.14. The molecule has 0 aromatic heterocycles. The lowest BCUT2D eigenvalue weighted by molar-refractivity contribution is -0.125. The molecule has 0 aliphatic carbocycles. The molecule has 0 fully saturated rings. The molecule has 1 atom stereocenters. The molecule has 154 valence electrons. The normalized spacial score (nSPS) is 17.4. The number of carbonyl (C=O) groups is 2. The quantitative estimate of drug-likeness (QED) is 0.780. The van der Waals surface area contributed by atoms with Crippen LogP contribution >= 0.6 is 11.8 Å². The van der Waals surface area contributed by atoms with E-state index in [1.165, 1.54) is 11.8 Å². The number of para-hydroxylation sites is 2. The van der Waals surface area contributed by atoms with E-state index < -0.39 is 6.04 Å². The zero-order valence-electron chi connectivity index (χ0n) is 17.3. The zero-order chi connectivity index (χ0) is 21.3. The van der Waals surface area contributed by atoms with Gasteiger partial charge in [0, 0.05) is 11.3 Å². The molecular formula is C23H24N4O2S. The second-order valence-corrected chi connectivity index (χ2v) is 8.78. The number of rotatable bonds is 5. The summed E-state index contributed by atoms with van der Waals surface area (Å²) in [6.45, 7) is 6.11. The van der Waals surface area contributed by atoms with Crippen LogP contribution in [0.25, 0.3) is 0 Å². The highest BCUT2D eigenvalue weighted by atomic mass is 32.2. The van der Waals surface area contributed by atoms with Crippen LogP contribution in [0.4, 0.5) is 11.4 Å². The summed E-state index contributed by atoms with van der Waals surface area (Å²) in [5, 5.41) is 3.43. The Morgan fingerprint density at radius 1 is 1.17 bits per heavy atom. The molecule has 2 amide bonds. The van der Waals surface area contributed by atoms with E-state index in [1.807, 2.05) is 55.5 Å². The van der Waals surface area contributed by atoms with Crippen molar-refractivity contribution in [1.29, 1.82) is 0 Å². The Kier molecular flexibility index (Phi) is 5.72. The van der Waals surface area contributed by atoms with Gasteiger partial charge < -0.3 is 5.32 Å². The molecule has 2 aliphatic rings. The Labute approximate surface area is 180 Å². The second kappa shape index (κ2) is 8.44. The van der Waals surface area contributed by atoms with E-state index >= 15 is 0 Å². The van der Waals surface area contributed by atoms with Crippen molar-refractivity contribution in [2.45, 2.75) is 33.2 Å². The lowest BCUT2D eigenvalue weighted by Crippen LogP contribution is -2.41. The Morgan fingerprint density at radius 3 is 2.67 bits per heavy atom. The summed E-state index contributed by atoms with van der Waals surface area (Å²) in [5.41, 5.74) is 3.41. The number of anilines is 1. The summed E-state index contributed by atoms with van der Waals surface area (Å²) in [6, 6.07) is 14.9. The molecule has 1 N–H and O–H groups in total. The fraction of sp³-hybridized carbons (Fsp3) is 0.304. The first-order valence-corrected chi connectivity index (χ1v) is 11.0. The fourth-order valence-electron chi connectivity index (χ4n) is 3.53. The van der Waals surface area contributed by atoms with Crippen molar-refractivity contribution in [3.63, 3.8) is 0 Å². The number of nitrogens with one attached hydrogen (secondary N) is 1. The van der Waals surface area contributed by atoms with E-state index in [0.29, 0.717) is 23.3 Å². The summed E-state index contributed by atoms with van der Waals surface area (Å²) >= 11 is 1.26. The Morgan fingerprint density at radius 2 is 1.90 bits per heavy atom. The van der Waals surface area contributed by atoms with Crippen molar-refractivity contribution >= 4 is 46.0 Å². The molecule has 0 saturated heterocycles. The molecule has 4 rings (SSSR count). The Hall–Kier alpha value is -2.93. The van der Waals surface area contributed by atoms with E-state index in [-0.39, 0.29) is 17.6 Å². The van der Waals surface area contributed by atoms with Crippen molar-refractivity contribution < 1.29 is 9.59 Å². The van der Waals surface area contributed by atoms with Crippen LogP contribution in [0.3, 0.4) is 0 Å². The number of hydrogen-bond acceptors (Lipinski definition) is 5. The van der Waals surface area contributed by atoms with Crippen LogP contribution in [0, 0.1) is 12.8 Å². The van der Waals surface area contributed by atoms with E-state index in [4.69, 9.17) is 4.99 Å². The lowest BCUT2D eigenvalue weighted by Gasteiger charge is -2.25. The molecule has 2 heterocycles. The number of aryl methyl sites for hydroxylation is 1. The minimum atomic E-state index is -0.405. The van der Waals surface area contributed by atoms with Crippen molar-refractivity contribution in [2.75, 3.05) is 11.1 Å². The molecule has 6 nitrogen and oxygen atoms in total. The van der Waals surface area contributed by atoms with E-state index in [2.05, 4.69) is 24.2 Å². The SMILES string of the molecule is Cc1ccccc1NC(=O)CSC1=Nc2ccccc2C2=NC(CC(C)C)C(=O)N12. The second-order valence-electron chi connectivity index (χ2n) is 7.84. The average molecular weight is 421 g/mol. The van der Waals surface area contributed by atoms with Crippen LogP contribution in [-0.2, 0) is 9.59 Å². The first-order valence-electron chi connectivity index (χ1n) is 10.0. The van der Waals surface area contributed by atoms with Gasteiger partial charge in [0.25, 0.3) is 5.91 Å². The standard InChI is InChI=1S/C23H24N4O2S/c1-14(2)12-19-22(29)27-21(25-19)16-9-5-7-11-18(16)26-23(27)30-13-20(28)24-17-10-6-4-8-15(17)3/h4-11,14,19H,12-13H2,1-3H3,(H,24,28). The van der Waals surface area contributed by atoms with Crippen molar-refractivity contribution in [1.82, 2.24) is 4.90 Å². The maximum absolute atomic E-state index is 13.1. The van der Waals surface area contributed by atoms with Gasteiger partial charge in [0.2, 0.25) is 5.91 Å². The number of nitrogens with zero attached hydrogens (tertiary/aromatic N) is 3. The molecule has 0 saturated carbocycles. The van der Waals surface area contributed by atoms with Gasteiger partial charge in [0.1, 0.15) is 11.9 Å². The van der Waals surface area contributed by atoms with Gasteiger partial charge in [-0.2, -0.15) is 0 Å². The number of fused-ring (bicyclic) bond motifs is 3. The molecule has 2 aromatic carbocycles. The monoisotopic (exact) mass is 420 g/mol. The highest BCUT2D eigenvalue weighted by Crippen LogP contribution is 2.34. The van der Waals surface area contributed by atoms with Gasteiger partial charge in [-0.15, -0.1) is 0 Å². The molecule has 2 aromatic rings. The fourth-order valence-corrected chi connectivity index (χ4v) is 4.33. The number of hydrogen-bond donors (Lipinski definition) is 1. The van der Waals surface area contributed by atoms with Crippen LogP contribution in [-0.4, -0.2) is 39.5 Å². The van der Waals surface area contributed by atoms with Crippen molar-refractivity contribution in [3.8, 4) is 0 Å². The van der Waals surface area contributed by atoms with Gasteiger partial charge in [0.15, 0.2) is 5.17 Å². The van der Waals surface area contributed by atoms with Crippen LogP contribution in [0.15, 0.2) is 58.5 Å². The van der Waals surface area contributed by atoms with Crippen LogP contribution in [0.5, 0.6) is 0 Å². The molecular weight excluding hydrogens is 396 g/mol. The maximum Gasteiger partial charge on any atom is 0.259 e. The van der Waals surface area contributed by atoms with E-state index in [9.17, 15) is 9.59 Å². The third-order valence-corrected chi connectivity index (χ3v) is 5.93. The molecule has 2 aliphatic heterocycles. The van der Waals surface area contributed by atoms with Crippen LogP contribution in [0.1, 0.15) is 31.4 Å². The zero-order valence-corrected chi connectivity index (χ0v) is 18.1. The van der Waals surface area contributed by atoms with Gasteiger partial charge in [-0.3, -0.25) is 14.6 Å². The largest absolute Gasteiger partial charge is 0.325 e. The van der Waals surface area contributed by atoms with Gasteiger partial charge in [-0.25, -0.2) is 9.89 Å². The summed E-state index contributed by atoms with van der Waals surface area (Å²) in [4.78, 5) is 36.6. The predicted octanol–water partition coefficient (Wildman–Crippen LogP) is 4.37. The van der Waals surface area contributed by atoms with Crippen LogP contribution < -0.4 is 5.32 Å². The number of aliphatic imine (C=N–C) groups is 2. The number of thioether (sulfide) groups is 1. The topological polar surface area (TPSA) is 74.1 Å².